The number of benzene rings is 2. The molecule has 3 amide bonds. The van der Waals surface area contributed by atoms with E-state index in [1.165, 1.54) is 18.9 Å². The van der Waals surface area contributed by atoms with Crippen molar-refractivity contribution in [3.05, 3.63) is 47.5 Å². The molecule has 11 nitrogen and oxygen atoms in total. The van der Waals surface area contributed by atoms with Gasteiger partial charge in [0.15, 0.2) is 5.78 Å². The quantitative estimate of drug-likeness (QED) is 0.235. The zero-order valence-corrected chi connectivity index (χ0v) is 28.0. The van der Waals surface area contributed by atoms with Crippen LogP contribution in [-0.4, -0.2) is 80.8 Å². The van der Waals surface area contributed by atoms with Gasteiger partial charge in [0.2, 0.25) is 11.8 Å². The Bertz CT molecular complexity index is 1430. The molecule has 1 aliphatic carbocycles. The average Bonchev–Trinajstić information content (AvgIpc) is 3.84. The Kier molecular flexibility index (Phi) is 11.3. The summed E-state index contributed by atoms with van der Waals surface area (Å²) in [6, 6.07) is 10.6. The molecule has 11 heteroatoms. The van der Waals surface area contributed by atoms with Crippen molar-refractivity contribution in [2.24, 2.45) is 11.8 Å². The number of ketones is 1. The predicted molar refractivity (Wildman–Crippen MR) is 175 cm³/mol. The summed E-state index contributed by atoms with van der Waals surface area (Å²) in [6.07, 6.45) is 1.96. The van der Waals surface area contributed by atoms with E-state index in [0.717, 1.165) is 18.4 Å². The molecule has 2 aliphatic rings. The van der Waals surface area contributed by atoms with Crippen molar-refractivity contribution in [3.63, 3.8) is 0 Å². The van der Waals surface area contributed by atoms with E-state index in [9.17, 15) is 19.2 Å². The fourth-order valence-electron chi connectivity index (χ4n) is 5.64. The van der Waals surface area contributed by atoms with Crippen LogP contribution in [0.3, 0.4) is 0 Å². The highest BCUT2D eigenvalue weighted by Crippen LogP contribution is 2.38. The van der Waals surface area contributed by atoms with Gasteiger partial charge < -0.3 is 34.1 Å². The van der Waals surface area contributed by atoms with Crippen molar-refractivity contribution in [3.8, 4) is 11.5 Å². The lowest BCUT2D eigenvalue weighted by Gasteiger charge is -2.39. The lowest BCUT2D eigenvalue weighted by molar-refractivity contribution is -0.127. The van der Waals surface area contributed by atoms with Crippen molar-refractivity contribution in [2.45, 2.75) is 71.9 Å². The van der Waals surface area contributed by atoms with Crippen molar-refractivity contribution in [1.82, 2.24) is 4.90 Å². The average molecular weight is 638 g/mol. The monoisotopic (exact) mass is 637 g/mol. The number of Topliss-reactive ketones (excluding diaryl/α,β-unsaturated/α-hetero) is 1. The molecule has 4 rings (SSSR count). The number of carbonyl (C=O) groups excluding carboxylic acids is 4. The van der Waals surface area contributed by atoms with E-state index in [0.29, 0.717) is 48.1 Å². The van der Waals surface area contributed by atoms with Crippen molar-refractivity contribution >= 4 is 35.1 Å². The molecule has 0 bridgehead atoms. The number of piperidine rings is 1. The molecule has 2 aromatic carbocycles. The third kappa shape index (κ3) is 8.78. The van der Waals surface area contributed by atoms with Crippen LogP contribution in [0.5, 0.6) is 11.5 Å². The molecule has 1 aliphatic heterocycles. The highest BCUT2D eigenvalue weighted by atomic mass is 16.6. The molecular weight excluding hydrogens is 590 g/mol. The SMILES string of the molecule is COCCCOc1cc(N(C(=O)[C@@H]2C[C@H](C(=O)Nc3c(C)cccc3OC)CN(C(=O)OC(C)(C)C)C2)C2CC2)ccc1C(C)=O. The third-order valence-corrected chi connectivity index (χ3v) is 8.05. The molecule has 1 heterocycles. The Morgan fingerprint density at radius 3 is 2.33 bits per heavy atom. The van der Waals surface area contributed by atoms with E-state index in [-0.39, 0.29) is 43.1 Å². The molecule has 2 atom stereocenters. The number of ether oxygens (including phenoxy) is 4. The van der Waals surface area contributed by atoms with Crippen LogP contribution in [0.25, 0.3) is 0 Å². The van der Waals surface area contributed by atoms with Crippen LogP contribution in [-0.2, 0) is 19.1 Å². The molecule has 0 spiro atoms. The van der Waals surface area contributed by atoms with Gasteiger partial charge in [-0.25, -0.2) is 4.79 Å². The number of aryl methyl sites for hydroxylation is 1. The number of carbonyl (C=O) groups is 4. The van der Waals surface area contributed by atoms with Crippen LogP contribution in [0.4, 0.5) is 16.2 Å². The normalized spacial score (nSPS) is 18.0. The molecule has 0 unspecified atom stereocenters. The number of para-hydroxylation sites is 1. The standard InChI is InChI=1S/C35H47N3O8/c1-22-10-8-11-29(44-7)31(22)36-32(40)24-18-25(21-37(20-24)34(42)46-35(3,4)5)33(41)38(26-12-13-26)27-14-15-28(23(2)39)30(19-27)45-17-9-16-43-6/h8,10-11,14-15,19,24-26H,9,12-13,16-18,20-21H2,1-7H3,(H,36,40)/t24-,25+/m0/s1. The fourth-order valence-corrected chi connectivity index (χ4v) is 5.64. The van der Waals surface area contributed by atoms with Crippen molar-refractivity contribution in [2.75, 3.05) is 50.7 Å². The van der Waals surface area contributed by atoms with Crippen molar-refractivity contribution in [1.29, 1.82) is 0 Å². The summed E-state index contributed by atoms with van der Waals surface area (Å²) in [7, 11) is 3.15. The molecular formula is C35H47N3O8. The number of amides is 3. The summed E-state index contributed by atoms with van der Waals surface area (Å²) in [4.78, 5) is 57.1. The number of hydrogen-bond acceptors (Lipinski definition) is 8. The first-order chi connectivity index (χ1) is 21.8. The van der Waals surface area contributed by atoms with Gasteiger partial charge in [-0.15, -0.1) is 0 Å². The minimum absolute atomic E-state index is 0.0302. The van der Waals surface area contributed by atoms with Crippen LogP contribution in [0.15, 0.2) is 36.4 Å². The Labute approximate surface area is 271 Å². The zero-order chi connectivity index (χ0) is 33.6. The summed E-state index contributed by atoms with van der Waals surface area (Å²) in [6.45, 7) is 9.77. The summed E-state index contributed by atoms with van der Waals surface area (Å²) in [5, 5.41) is 2.99. The molecule has 0 aromatic heterocycles. The fraction of sp³-hybridized carbons (Fsp3) is 0.543. The van der Waals surface area contributed by atoms with Gasteiger partial charge in [0.05, 0.1) is 36.8 Å². The van der Waals surface area contributed by atoms with E-state index in [4.69, 9.17) is 18.9 Å². The van der Waals surface area contributed by atoms with Gasteiger partial charge in [-0.05, 0) is 77.6 Å². The summed E-state index contributed by atoms with van der Waals surface area (Å²) < 4.78 is 22.2. The molecule has 1 saturated carbocycles. The second-order valence-electron chi connectivity index (χ2n) is 13.0. The van der Waals surface area contributed by atoms with Crippen LogP contribution < -0.4 is 19.7 Å². The number of rotatable bonds is 12. The van der Waals surface area contributed by atoms with Gasteiger partial charge >= 0.3 is 6.09 Å². The molecule has 1 N–H and O–H groups in total. The first kappa shape index (κ1) is 34.7. The Morgan fingerprint density at radius 1 is 0.978 bits per heavy atom. The first-order valence-corrected chi connectivity index (χ1v) is 15.8. The van der Waals surface area contributed by atoms with Gasteiger partial charge in [0.1, 0.15) is 17.1 Å². The van der Waals surface area contributed by atoms with E-state index in [1.807, 2.05) is 19.1 Å². The smallest absolute Gasteiger partial charge is 0.410 e. The zero-order valence-electron chi connectivity index (χ0n) is 28.0. The Morgan fingerprint density at radius 2 is 1.70 bits per heavy atom. The number of likely N-dealkylation sites (tertiary alicyclic amines) is 1. The molecule has 0 radical (unpaired) electrons. The second-order valence-corrected chi connectivity index (χ2v) is 13.0. The van der Waals surface area contributed by atoms with Gasteiger partial charge in [-0.1, -0.05) is 12.1 Å². The Hall–Kier alpha value is -4.12. The summed E-state index contributed by atoms with van der Waals surface area (Å²) in [5.74, 6) is -1.07. The molecule has 46 heavy (non-hydrogen) atoms. The van der Waals surface area contributed by atoms with Crippen LogP contribution in [0.2, 0.25) is 0 Å². The minimum Gasteiger partial charge on any atom is -0.495 e. The van der Waals surface area contributed by atoms with E-state index < -0.39 is 23.5 Å². The number of nitrogens with one attached hydrogen (secondary N) is 1. The predicted octanol–water partition coefficient (Wildman–Crippen LogP) is 5.63. The van der Waals surface area contributed by atoms with Gasteiger partial charge in [-0.2, -0.15) is 0 Å². The lowest BCUT2D eigenvalue weighted by atomic mass is 9.87. The highest BCUT2D eigenvalue weighted by Gasteiger charge is 2.43. The van der Waals surface area contributed by atoms with Crippen molar-refractivity contribution < 1.29 is 38.1 Å². The van der Waals surface area contributed by atoms with E-state index in [2.05, 4.69) is 5.32 Å². The second kappa shape index (κ2) is 15.0. The summed E-state index contributed by atoms with van der Waals surface area (Å²) in [5.41, 5.74) is 1.67. The maximum atomic E-state index is 14.4. The van der Waals surface area contributed by atoms with Gasteiger partial charge in [0, 0.05) is 51.0 Å². The lowest BCUT2D eigenvalue weighted by Crippen LogP contribution is -2.53. The maximum Gasteiger partial charge on any atom is 0.410 e. The van der Waals surface area contributed by atoms with Gasteiger partial charge in [0.25, 0.3) is 0 Å². The molecule has 1 saturated heterocycles. The Balaban J connectivity index is 1.63. The molecule has 2 aromatic rings. The number of nitrogens with zero attached hydrogens (tertiary/aromatic N) is 2. The highest BCUT2D eigenvalue weighted by molar-refractivity contribution is 6.01. The molecule has 2 fully saturated rings. The van der Waals surface area contributed by atoms with Crippen LogP contribution >= 0.6 is 0 Å². The van der Waals surface area contributed by atoms with E-state index in [1.54, 1.807) is 57.0 Å². The van der Waals surface area contributed by atoms with Crippen LogP contribution in [0, 0.1) is 18.8 Å². The van der Waals surface area contributed by atoms with Crippen LogP contribution in [0.1, 0.15) is 69.3 Å². The topological polar surface area (TPSA) is 124 Å². The van der Waals surface area contributed by atoms with E-state index >= 15 is 0 Å². The van der Waals surface area contributed by atoms with Gasteiger partial charge in [-0.3, -0.25) is 14.4 Å². The number of anilines is 2. The number of methoxy groups -OCH3 is 2. The number of hydrogen-bond donors (Lipinski definition) is 1. The largest absolute Gasteiger partial charge is 0.495 e. The maximum absolute atomic E-state index is 14.4. The summed E-state index contributed by atoms with van der Waals surface area (Å²) >= 11 is 0. The molecule has 250 valence electrons. The third-order valence-electron chi connectivity index (χ3n) is 8.05. The minimum atomic E-state index is -0.752. The first-order valence-electron chi connectivity index (χ1n) is 15.8.